The number of anilines is 2. The molecule has 1 amide bonds. The molecule has 2 saturated heterocycles. The van der Waals surface area contributed by atoms with Crippen LogP contribution in [0.2, 0.25) is 0 Å². The lowest BCUT2D eigenvalue weighted by molar-refractivity contribution is -0.539. The van der Waals surface area contributed by atoms with Crippen LogP contribution in [0.1, 0.15) is 26.3 Å². The fourth-order valence-electron chi connectivity index (χ4n) is 6.26. The molecule has 3 heterocycles. The van der Waals surface area contributed by atoms with Crippen LogP contribution >= 0.6 is 15.9 Å². The topological polar surface area (TPSA) is 118 Å². The number of hydrogen-bond acceptors (Lipinski definition) is 8. The van der Waals surface area contributed by atoms with Crippen LogP contribution in [0.5, 0.6) is 0 Å². The number of hydrazine groups is 1. The predicted molar refractivity (Wildman–Crippen MR) is 150 cm³/mol. The molecule has 39 heavy (non-hydrogen) atoms. The summed E-state index contributed by atoms with van der Waals surface area (Å²) < 4.78 is 12.3. The normalized spacial score (nSPS) is 24.4. The number of nitrogens with two attached hydrogens (primary N) is 1. The van der Waals surface area contributed by atoms with E-state index in [0.717, 1.165) is 10.0 Å². The van der Waals surface area contributed by atoms with Crippen molar-refractivity contribution in [3.63, 3.8) is 0 Å². The van der Waals surface area contributed by atoms with Gasteiger partial charge < -0.3 is 14.9 Å². The number of hydrogen-bond donors (Lipinski definition) is 1. The Morgan fingerprint density at radius 1 is 1.10 bits per heavy atom. The molecule has 0 saturated carbocycles. The summed E-state index contributed by atoms with van der Waals surface area (Å²) in [5, 5.41) is 16.7. The summed E-state index contributed by atoms with van der Waals surface area (Å²) in [5.74, 6) is -0.0408. The minimum absolute atomic E-state index is 0.0742. The van der Waals surface area contributed by atoms with Crippen molar-refractivity contribution in [1.29, 1.82) is 0 Å². The number of halogens is 1. The van der Waals surface area contributed by atoms with E-state index in [4.69, 9.17) is 14.9 Å². The van der Waals surface area contributed by atoms with Crippen LogP contribution in [-0.4, -0.2) is 52.9 Å². The van der Waals surface area contributed by atoms with Crippen molar-refractivity contribution in [2.45, 2.75) is 51.0 Å². The molecule has 3 aromatic rings. The second kappa shape index (κ2) is 10.3. The first-order chi connectivity index (χ1) is 18.6. The molecule has 4 atom stereocenters. The molecule has 0 bridgehead atoms. The van der Waals surface area contributed by atoms with Gasteiger partial charge in [0.05, 0.1) is 22.9 Å². The lowest BCUT2D eigenvalue weighted by Crippen LogP contribution is -2.74. The van der Waals surface area contributed by atoms with Gasteiger partial charge in [-0.25, -0.2) is 0 Å². The number of ether oxygens (including phenoxy) is 1. The lowest BCUT2D eigenvalue weighted by atomic mass is 9.64. The van der Waals surface area contributed by atoms with Crippen LogP contribution in [0.25, 0.3) is 0 Å². The molecule has 206 valence electrons. The monoisotopic (exact) mass is 597 g/mol. The van der Waals surface area contributed by atoms with Crippen molar-refractivity contribution in [1.82, 2.24) is 4.90 Å². The molecule has 2 aliphatic heterocycles. The van der Waals surface area contributed by atoms with Crippen molar-refractivity contribution in [3.05, 3.63) is 93.1 Å². The maximum absolute atomic E-state index is 13.5. The van der Waals surface area contributed by atoms with E-state index >= 15 is 0 Å². The second-order valence-corrected chi connectivity index (χ2v) is 11.9. The third kappa shape index (κ3) is 4.48. The van der Waals surface area contributed by atoms with Crippen LogP contribution in [0.4, 0.5) is 11.6 Å². The van der Waals surface area contributed by atoms with Crippen LogP contribution in [0, 0.1) is 15.5 Å². The van der Waals surface area contributed by atoms with Crippen LogP contribution in [-0.2, 0) is 16.0 Å². The molecule has 2 fully saturated rings. The molecule has 0 spiro atoms. The summed E-state index contributed by atoms with van der Waals surface area (Å²) in [6, 6.07) is 19.3. The number of benzene rings is 2. The number of rotatable bonds is 7. The summed E-state index contributed by atoms with van der Waals surface area (Å²) in [6.07, 6.45) is 0.465. The van der Waals surface area contributed by atoms with Gasteiger partial charge in [-0.1, -0.05) is 67.0 Å². The average Bonchev–Trinajstić information content (AvgIpc) is 3.62. The highest BCUT2D eigenvalue weighted by molar-refractivity contribution is 9.10. The van der Waals surface area contributed by atoms with E-state index in [0.29, 0.717) is 12.1 Å². The first kappa shape index (κ1) is 27.2. The van der Waals surface area contributed by atoms with E-state index in [-0.39, 0.29) is 30.1 Å². The predicted octanol–water partition coefficient (Wildman–Crippen LogP) is 4.43. The third-order valence-electron chi connectivity index (χ3n) is 7.71. The molecule has 0 radical (unpaired) electrons. The Kier molecular flexibility index (Phi) is 7.17. The number of furan rings is 1. The minimum atomic E-state index is -1.44. The van der Waals surface area contributed by atoms with Crippen LogP contribution < -0.4 is 15.8 Å². The Morgan fingerprint density at radius 3 is 2.33 bits per heavy atom. The first-order valence-corrected chi connectivity index (χ1v) is 13.6. The van der Waals surface area contributed by atoms with Crippen LogP contribution in [0.3, 0.4) is 0 Å². The minimum Gasteiger partial charge on any atom is -0.447 e. The fraction of sp³-hybridized carbons (Fsp3) is 0.393. The molecule has 2 N–H and O–H groups in total. The average molecular weight is 598 g/mol. The molecule has 2 aliphatic rings. The third-order valence-corrected chi connectivity index (χ3v) is 8.24. The molecule has 5 rings (SSSR count). The molecule has 0 aliphatic carbocycles. The van der Waals surface area contributed by atoms with Crippen molar-refractivity contribution in [3.8, 4) is 0 Å². The van der Waals surface area contributed by atoms with Gasteiger partial charge in [-0.2, -0.15) is 5.01 Å². The van der Waals surface area contributed by atoms with Gasteiger partial charge in [-0.3, -0.25) is 24.8 Å². The van der Waals surface area contributed by atoms with Crippen molar-refractivity contribution >= 4 is 33.4 Å². The highest BCUT2D eigenvalue weighted by Gasteiger charge is 2.75. The van der Waals surface area contributed by atoms with Gasteiger partial charge in [-0.05, 0) is 47.7 Å². The number of carbonyl (C=O) groups is 1. The smallest absolute Gasteiger partial charge is 0.332 e. The van der Waals surface area contributed by atoms with Gasteiger partial charge in [0.15, 0.2) is 5.54 Å². The number of carbonyl (C=O) groups excluding carboxylic acids is 1. The Labute approximate surface area is 235 Å². The Hall–Kier alpha value is -3.41. The van der Waals surface area contributed by atoms with Gasteiger partial charge in [-0.15, -0.1) is 0 Å². The van der Waals surface area contributed by atoms with E-state index in [2.05, 4.69) is 15.9 Å². The molecule has 11 heteroatoms. The number of nitrogens with zero attached hydrogens (tertiary/aromatic N) is 4. The highest BCUT2D eigenvalue weighted by Crippen LogP contribution is 2.54. The quantitative estimate of drug-likeness (QED) is 0.314. The Balaban J connectivity index is 1.83. The molecule has 2 aromatic carbocycles. The summed E-state index contributed by atoms with van der Waals surface area (Å²) in [6.45, 7) is 5.53. The maximum Gasteiger partial charge on any atom is 0.332 e. The standard InChI is InChI=1S/C28H32BrN5O5/c1-27(2,3)28(31-18-38-17-23(31)35)25(22(30)16-19-8-5-4-6-9-19)32(21-13-11-20(29)12-14-21)33(26(28)34(36)37)24-10-7-15-39-24/h4-15,22,25-26H,16-18,30H2,1-3H3. The molecule has 10 nitrogen and oxygen atoms in total. The Morgan fingerprint density at radius 2 is 1.79 bits per heavy atom. The van der Waals surface area contributed by atoms with E-state index in [1.54, 1.807) is 17.1 Å². The Bertz CT molecular complexity index is 1310. The SMILES string of the molecule is CC(C)(C)C1(N2COCC2=O)C(C(N)Cc2ccccc2)N(c2ccc(Br)cc2)N(c2ccco2)C1[N+](=O)[O-]. The summed E-state index contributed by atoms with van der Waals surface area (Å²) >= 11 is 3.49. The van der Waals surface area contributed by atoms with Crippen molar-refractivity contribution in [2.24, 2.45) is 11.1 Å². The van der Waals surface area contributed by atoms with E-state index in [9.17, 15) is 14.9 Å². The summed E-state index contributed by atoms with van der Waals surface area (Å²) in [4.78, 5) is 27.9. The lowest BCUT2D eigenvalue weighted by Gasteiger charge is -2.51. The molecular weight excluding hydrogens is 566 g/mol. The van der Waals surface area contributed by atoms with Gasteiger partial charge in [0.1, 0.15) is 13.3 Å². The van der Waals surface area contributed by atoms with E-state index < -0.39 is 29.2 Å². The zero-order chi connectivity index (χ0) is 27.9. The maximum atomic E-state index is 13.5. The number of amides is 1. The second-order valence-electron chi connectivity index (χ2n) is 10.9. The van der Waals surface area contributed by atoms with Crippen LogP contribution in [0.15, 0.2) is 81.9 Å². The zero-order valence-electron chi connectivity index (χ0n) is 22.1. The van der Waals surface area contributed by atoms with Gasteiger partial charge in [0, 0.05) is 16.6 Å². The molecule has 4 unspecified atom stereocenters. The molecule has 1 aromatic heterocycles. The van der Waals surface area contributed by atoms with Gasteiger partial charge in [0.25, 0.3) is 5.91 Å². The largest absolute Gasteiger partial charge is 0.447 e. The summed E-state index contributed by atoms with van der Waals surface area (Å²) in [7, 11) is 0. The zero-order valence-corrected chi connectivity index (χ0v) is 23.7. The summed E-state index contributed by atoms with van der Waals surface area (Å²) in [5.41, 5.74) is 6.52. The fourth-order valence-corrected chi connectivity index (χ4v) is 6.53. The molecular formula is C28H32BrN5O5. The number of nitro groups is 1. The van der Waals surface area contributed by atoms with Gasteiger partial charge >= 0.3 is 6.17 Å². The highest BCUT2D eigenvalue weighted by atomic mass is 79.9. The first-order valence-electron chi connectivity index (χ1n) is 12.8. The van der Waals surface area contributed by atoms with Crippen molar-refractivity contribution in [2.75, 3.05) is 23.4 Å². The van der Waals surface area contributed by atoms with E-state index in [1.807, 2.05) is 80.4 Å². The van der Waals surface area contributed by atoms with E-state index in [1.165, 1.54) is 11.2 Å². The van der Waals surface area contributed by atoms with Crippen molar-refractivity contribution < 1.29 is 18.9 Å². The van der Waals surface area contributed by atoms with Gasteiger partial charge in [0.2, 0.25) is 5.88 Å².